The molecule has 1 aromatic carbocycles. The lowest BCUT2D eigenvalue weighted by Crippen LogP contribution is -2.49. The molecule has 1 saturated heterocycles. The Balaban J connectivity index is 1.84. The topological polar surface area (TPSA) is 130 Å². The van der Waals surface area contributed by atoms with Crippen molar-refractivity contribution in [1.82, 2.24) is 9.29 Å². The van der Waals surface area contributed by atoms with Gasteiger partial charge >= 0.3 is 0 Å². The fraction of sp³-hybridized carbons (Fsp3) is 0.294. The molecule has 0 spiro atoms. The van der Waals surface area contributed by atoms with Gasteiger partial charge in [-0.25, -0.2) is 13.4 Å². The van der Waals surface area contributed by atoms with E-state index in [1.54, 1.807) is 18.3 Å². The number of methoxy groups -OCH3 is 1. The van der Waals surface area contributed by atoms with Crippen LogP contribution in [0.5, 0.6) is 5.75 Å². The largest absolute Gasteiger partial charge is 0.497 e. The second-order valence-electron chi connectivity index (χ2n) is 5.97. The predicted octanol–water partition coefficient (Wildman–Crippen LogP) is 1.38. The quantitative estimate of drug-likeness (QED) is 0.541. The maximum absolute atomic E-state index is 13.0. The smallest absolute Gasteiger partial charge is 0.293 e. The number of benzene rings is 1. The third-order valence-corrected chi connectivity index (χ3v) is 6.37. The number of hydrogen-bond donors (Lipinski definition) is 0. The Labute approximate surface area is 161 Å². The number of aromatic nitrogens is 1. The number of nitriles is 1. The van der Waals surface area contributed by atoms with E-state index >= 15 is 0 Å². The maximum Gasteiger partial charge on any atom is 0.293 e. The van der Waals surface area contributed by atoms with Gasteiger partial charge in [-0.15, -0.1) is 0 Å². The van der Waals surface area contributed by atoms with E-state index in [0.717, 1.165) is 6.07 Å². The van der Waals surface area contributed by atoms with Crippen molar-refractivity contribution in [2.24, 2.45) is 0 Å². The van der Waals surface area contributed by atoms with Gasteiger partial charge in [0.15, 0.2) is 4.90 Å². The van der Waals surface area contributed by atoms with Crippen LogP contribution in [0.25, 0.3) is 0 Å². The summed E-state index contributed by atoms with van der Waals surface area (Å²) in [6, 6.07) is 9.03. The average molecular weight is 403 g/mol. The van der Waals surface area contributed by atoms with Crippen molar-refractivity contribution in [1.29, 1.82) is 5.26 Å². The fourth-order valence-corrected chi connectivity index (χ4v) is 4.56. The zero-order chi connectivity index (χ0) is 20.3. The van der Waals surface area contributed by atoms with Crippen molar-refractivity contribution >= 4 is 21.5 Å². The number of sulfonamides is 1. The average Bonchev–Trinajstić information content (AvgIpc) is 2.73. The molecule has 1 aliphatic rings. The SMILES string of the molecule is COc1ccc(S(=O)(=O)N2CCN(c3ncccc3C#N)CC2)c([N+](=O)[O-])c1. The summed E-state index contributed by atoms with van der Waals surface area (Å²) in [5.74, 6) is 0.701. The summed E-state index contributed by atoms with van der Waals surface area (Å²) >= 11 is 0. The molecule has 0 aliphatic carbocycles. The molecule has 0 bridgehead atoms. The summed E-state index contributed by atoms with van der Waals surface area (Å²) in [6.07, 6.45) is 1.57. The molecule has 0 atom stereocenters. The first-order valence-corrected chi connectivity index (χ1v) is 9.75. The first kappa shape index (κ1) is 19.5. The van der Waals surface area contributed by atoms with Crippen LogP contribution in [0.15, 0.2) is 41.4 Å². The van der Waals surface area contributed by atoms with E-state index in [-0.39, 0.29) is 23.7 Å². The summed E-state index contributed by atoms with van der Waals surface area (Å²) < 4.78 is 32.1. The van der Waals surface area contributed by atoms with Crippen molar-refractivity contribution in [3.05, 3.63) is 52.2 Å². The van der Waals surface area contributed by atoms with Crippen molar-refractivity contribution in [2.45, 2.75) is 4.90 Å². The van der Waals surface area contributed by atoms with Gasteiger partial charge in [0, 0.05) is 32.4 Å². The molecule has 0 saturated carbocycles. The number of hydrogen-bond acceptors (Lipinski definition) is 8. The molecule has 28 heavy (non-hydrogen) atoms. The molecule has 1 aromatic heterocycles. The van der Waals surface area contributed by atoms with E-state index < -0.39 is 20.6 Å². The van der Waals surface area contributed by atoms with Crippen LogP contribution in [0.2, 0.25) is 0 Å². The zero-order valence-electron chi connectivity index (χ0n) is 15.0. The Morgan fingerprint density at radius 1 is 1.25 bits per heavy atom. The maximum atomic E-state index is 13.0. The number of nitro benzene ring substituents is 1. The van der Waals surface area contributed by atoms with Gasteiger partial charge in [0.2, 0.25) is 10.0 Å². The number of ether oxygens (including phenoxy) is 1. The number of pyridine rings is 1. The molecule has 146 valence electrons. The van der Waals surface area contributed by atoms with Crippen LogP contribution in [0.3, 0.4) is 0 Å². The van der Waals surface area contributed by atoms with Gasteiger partial charge in [0.1, 0.15) is 17.6 Å². The van der Waals surface area contributed by atoms with Crippen LogP contribution >= 0.6 is 0 Å². The predicted molar refractivity (Wildman–Crippen MR) is 99.6 cm³/mol. The van der Waals surface area contributed by atoms with E-state index in [4.69, 9.17) is 4.74 Å². The third kappa shape index (κ3) is 3.60. The van der Waals surface area contributed by atoms with Gasteiger partial charge < -0.3 is 9.64 Å². The highest BCUT2D eigenvalue weighted by molar-refractivity contribution is 7.89. The molecule has 3 rings (SSSR count). The summed E-state index contributed by atoms with van der Waals surface area (Å²) in [5, 5.41) is 20.6. The minimum atomic E-state index is -4.06. The Morgan fingerprint density at radius 2 is 1.96 bits per heavy atom. The normalized spacial score (nSPS) is 15.1. The second-order valence-corrected chi connectivity index (χ2v) is 7.87. The third-order valence-electron chi connectivity index (χ3n) is 4.43. The lowest BCUT2D eigenvalue weighted by Gasteiger charge is -2.34. The molecule has 2 heterocycles. The first-order chi connectivity index (χ1) is 13.4. The molecule has 1 fully saturated rings. The van der Waals surface area contributed by atoms with Crippen LogP contribution in [-0.4, -0.2) is 55.9 Å². The summed E-state index contributed by atoms with van der Waals surface area (Å²) in [5.41, 5.74) is -0.122. The molecule has 2 aromatic rings. The van der Waals surface area contributed by atoms with Gasteiger partial charge in [-0.3, -0.25) is 10.1 Å². The molecule has 0 radical (unpaired) electrons. The van der Waals surface area contributed by atoms with Crippen LogP contribution in [0.1, 0.15) is 5.56 Å². The Morgan fingerprint density at radius 3 is 2.57 bits per heavy atom. The monoisotopic (exact) mass is 403 g/mol. The fourth-order valence-electron chi connectivity index (χ4n) is 3.00. The standard InChI is InChI=1S/C17H17N5O5S/c1-27-14-4-5-16(15(11-14)22(23)24)28(25,26)21-9-7-20(8-10-21)17-13(12-18)3-2-6-19-17/h2-6,11H,7-10H2,1H3. The number of nitro groups is 1. The second kappa shape index (κ2) is 7.79. The van der Waals surface area contributed by atoms with Gasteiger partial charge in [-0.05, 0) is 24.3 Å². The molecule has 0 unspecified atom stereocenters. The summed E-state index contributed by atoms with van der Waals surface area (Å²) in [7, 11) is -2.71. The zero-order valence-corrected chi connectivity index (χ0v) is 15.8. The van der Waals surface area contributed by atoms with Crippen molar-refractivity contribution < 1.29 is 18.1 Å². The summed E-state index contributed by atoms with van der Waals surface area (Å²) in [4.78, 5) is 16.3. The van der Waals surface area contributed by atoms with Crippen LogP contribution < -0.4 is 9.64 Å². The highest BCUT2D eigenvalue weighted by Crippen LogP contribution is 2.31. The Kier molecular flexibility index (Phi) is 5.43. The van der Waals surface area contributed by atoms with Crippen LogP contribution in [-0.2, 0) is 10.0 Å². The number of nitrogens with zero attached hydrogens (tertiary/aromatic N) is 5. The highest BCUT2D eigenvalue weighted by Gasteiger charge is 2.34. The highest BCUT2D eigenvalue weighted by atomic mass is 32.2. The van der Waals surface area contributed by atoms with Crippen molar-refractivity contribution in [2.75, 3.05) is 38.2 Å². The molecule has 0 amide bonds. The van der Waals surface area contributed by atoms with Gasteiger partial charge in [-0.1, -0.05) is 0 Å². The van der Waals surface area contributed by atoms with Crippen molar-refractivity contribution in [3.63, 3.8) is 0 Å². The molecule has 0 N–H and O–H groups in total. The number of rotatable bonds is 5. The molecule has 10 nitrogen and oxygen atoms in total. The Hall–Kier alpha value is -3.23. The lowest BCUT2D eigenvalue weighted by atomic mass is 10.2. The van der Waals surface area contributed by atoms with E-state index in [1.165, 1.54) is 23.5 Å². The minimum Gasteiger partial charge on any atom is -0.497 e. The number of anilines is 1. The lowest BCUT2D eigenvalue weighted by molar-refractivity contribution is -0.387. The van der Waals surface area contributed by atoms with E-state index in [0.29, 0.717) is 24.5 Å². The van der Waals surface area contributed by atoms with Crippen LogP contribution in [0.4, 0.5) is 11.5 Å². The molecular weight excluding hydrogens is 386 g/mol. The van der Waals surface area contributed by atoms with E-state index in [2.05, 4.69) is 11.1 Å². The van der Waals surface area contributed by atoms with Crippen LogP contribution in [0, 0.1) is 21.4 Å². The van der Waals surface area contributed by atoms with Crippen molar-refractivity contribution in [3.8, 4) is 11.8 Å². The molecule has 1 aliphatic heterocycles. The first-order valence-electron chi connectivity index (χ1n) is 8.31. The number of piperazine rings is 1. The molecule has 11 heteroatoms. The Bertz CT molecular complexity index is 1040. The minimum absolute atomic E-state index is 0.118. The van der Waals surface area contributed by atoms with Gasteiger partial charge in [0.25, 0.3) is 5.69 Å². The van der Waals surface area contributed by atoms with Gasteiger partial charge in [0.05, 0.1) is 23.7 Å². The van der Waals surface area contributed by atoms with Gasteiger partial charge in [-0.2, -0.15) is 9.57 Å². The molecular formula is C17H17N5O5S. The summed E-state index contributed by atoms with van der Waals surface area (Å²) in [6.45, 7) is 0.865. The van der Waals surface area contributed by atoms with E-state index in [9.17, 15) is 23.8 Å². The van der Waals surface area contributed by atoms with E-state index in [1.807, 2.05) is 4.90 Å².